The summed E-state index contributed by atoms with van der Waals surface area (Å²) in [6.07, 6.45) is 11.2. The summed E-state index contributed by atoms with van der Waals surface area (Å²) in [7, 11) is 3.93. The first kappa shape index (κ1) is 28.4. The molecule has 2 fully saturated rings. The van der Waals surface area contributed by atoms with E-state index in [-0.39, 0.29) is 11.8 Å². The maximum absolute atomic E-state index is 13.2. The van der Waals surface area contributed by atoms with Gasteiger partial charge in [-0.25, -0.2) is 9.18 Å². The van der Waals surface area contributed by atoms with Crippen molar-refractivity contribution in [3.05, 3.63) is 59.9 Å². The molecule has 0 aromatic heterocycles. The van der Waals surface area contributed by atoms with Gasteiger partial charge in [-0.15, -0.1) is 0 Å². The van der Waals surface area contributed by atoms with Crippen LogP contribution in [0.2, 0.25) is 0 Å². The van der Waals surface area contributed by atoms with E-state index < -0.39 is 0 Å². The average molecular weight is 525 g/mol. The molecular weight excluding hydrogens is 479 g/mol. The maximum Gasteiger partial charge on any atom is 0.319 e. The van der Waals surface area contributed by atoms with E-state index in [4.69, 9.17) is 4.74 Å². The lowest BCUT2D eigenvalue weighted by Crippen LogP contribution is -2.48. The van der Waals surface area contributed by atoms with E-state index in [9.17, 15) is 9.18 Å². The van der Waals surface area contributed by atoms with Crippen LogP contribution in [0, 0.1) is 11.7 Å². The van der Waals surface area contributed by atoms with Crippen LogP contribution < -0.4 is 15.4 Å². The highest BCUT2D eigenvalue weighted by atomic mass is 19.1. The van der Waals surface area contributed by atoms with E-state index in [0.717, 1.165) is 44.1 Å². The van der Waals surface area contributed by atoms with Crippen LogP contribution in [-0.4, -0.2) is 68.3 Å². The number of amides is 2. The second-order valence-electron chi connectivity index (χ2n) is 11.1. The number of likely N-dealkylation sites (tertiary alicyclic amines) is 1. The summed E-state index contributed by atoms with van der Waals surface area (Å²) < 4.78 is 18.5. The summed E-state index contributed by atoms with van der Waals surface area (Å²) in [5.74, 6) is 1.32. The van der Waals surface area contributed by atoms with Crippen LogP contribution in [0.25, 0.3) is 0 Å². The Hall–Kier alpha value is -2.64. The number of carbonyl (C=O) groups is 1. The Morgan fingerprint density at radius 1 is 1.05 bits per heavy atom. The molecule has 2 aromatic carbocycles. The van der Waals surface area contributed by atoms with Crippen molar-refractivity contribution in [3.8, 4) is 5.75 Å². The van der Waals surface area contributed by atoms with Crippen molar-refractivity contribution in [2.24, 2.45) is 5.92 Å². The highest BCUT2D eigenvalue weighted by molar-refractivity contribution is 5.89. The number of anilines is 1. The van der Waals surface area contributed by atoms with Gasteiger partial charge in [0.05, 0.1) is 7.11 Å². The van der Waals surface area contributed by atoms with Gasteiger partial charge in [-0.3, -0.25) is 4.90 Å². The number of hydrogen-bond donors (Lipinski definition) is 2. The smallest absolute Gasteiger partial charge is 0.319 e. The number of nitrogens with zero attached hydrogens (tertiary/aromatic N) is 2. The molecule has 7 heteroatoms. The molecule has 38 heavy (non-hydrogen) atoms. The van der Waals surface area contributed by atoms with E-state index >= 15 is 0 Å². The van der Waals surface area contributed by atoms with Crippen molar-refractivity contribution in [2.75, 3.05) is 45.7 Å². The summed E-state index contributed by atoms with van der Waals surface area (Å²) in [5, 5.41) is 5.93. The maximum atomic E-state index is 13.2. The number of methoxy groups -OCH3 is 1. The zero-order valence-corrected chi connectivity index (χ0v) is 23.1. The first-order valence-electron chi connectivity index (χ1n) is 14.4. The largest absolute Gasteiger partial charge is 0.497 e. The highest BCUT2D eigenvalue weighted by Crippen LogP contribution is 2.29. The van der Waals surface area contributed by atoms with Crippen LogP contribution in [0.1, 0.15) is 56.9 Å². The predicted molar refractivity (Wildman–Crippen MR) is 152 cm³/mol. The molecule has 1 saturated heterocycles. The van der Waals surface area contributed by atoms with E-state index in [0.29, 0.717) is 24.3 Å². The standard InChI is InChI=1S/C31H45FN4O2/c1-35(23-28-9-6-19-36(28)20-18-24-10-16-30(38-2)17-11-24)29(21-25-7-4-3-5-8-25)22-33-31(37)34-27-14-12-26(32)13-15-27/h10-17,25,28-29H,3-9,18-23H2,1-2H3,(H2,33,34,37)/t28-,29-/m1/s1. The minimum Gasteiger partial charge on any atom is -0.497 e. The van der Waals surface area contributed by atoms with Gasteiger partial charge in [0.15, 0.2) is 0 Å². The van der Waals surface area contributed by atoms with Crippen molar-refractivity contribution in [1.29, 1.82) is 0 Å². The quantitative estimate of drug-likeness (QED) is 0.361. The van der Waals surface area contributed by atoms with Gasteiger partial charge in [0.1, 0.15) is 11.6 Å². The van der Waals surface area contributed by atoms with Gasteiger partial charge in [0.2, 0.25) is 0 Å². The van der Waals surface area contributed by atoms with Gasteiger partial charge in [-0.05, 0) is 87.2 Å². The number of rotatable bonds is 12. The number of hydrogen-bond acceptors (Lipinski definition) is 4. The van der Waals surface area contributed by atoms with Crippen molar-refractivity contribution >= 4 is 11.7 Å². The topological polar surface area (TPSA) is 56.8 Å². The van der Waals surface area contributed by atoms with Crippen LogP contribution in [0.4, 0.5) is 14.9 Å². The van der Waals surface area contributed by atoms with Gasteiger partial charge in [0.25, 0.3) is 0 Å². The summed E-state index contributed by atoms with van der Waals surface area (Å²) >= 11 is 0. The number of likely N-dealkylation sites (N-methyl/N-ethyl adjacent to an activating group) is 1. The van der Waals surface area contributed by atoms with E-state index in [1.807, 2.05) is 12.1 Å². The molecule has 2 amide bonds. The number of ether oxygens (including phenoxy) is 1. The molecule has 6 nitrogen and oxygen atoms in total. The van der Waals surface area contributed by atoms with Crippen molar-refractivity contribution in [2.45, 2.75) is 69.9 Å². The summed E-state index contributed by atoms with van der Waals surface area (Å²) in [5.41, 5.74) is 1.94. The monoisotopic (exact) mass is 524 g/mol. The first-order valence-corrected chi connectivity index (χ1v) is 14.4. The molecule has 0 radical (unpaired) electrons. The SMILES string of the molecule is COc1ccc(CCN2CCC[C@@H]2CN(C)[C@@H](CNC(=O)Nc2ccc(F)cc2)CC2CCCCC2)cc1. The minimum atomic E-state index is -0.310. The van der Waals surface area contributed by atoms with Crippen molar-refractivity contribution in [3.63, 3.8) is 0 Å². The number of carbonyl (C=O) groups excluding carboxylic acids is 1. The third-order valence-corrected chi connectivity index (χ3v) is 8.40. The summed E-state index contributed by atoms with van der Waals surface area (Å²) in [6.45, 7) is 3.84. The molecule has 0 unspecified atom stereocenters. The number of benzene rings is 2. The Labute approximate surface area is 227 Å². The second-order valence-corrected chi connectivity index (χ2v) is 11.1. The Balaban J connectivity index is 1.31. The van der Waals surface area contributed by atoms with Gasteiger partial charge >= 0.3 is 6.03 Å². The molecule has 4 rings (SSSR count). The molecule has 0 spiro atoms. The Morgan fingerprint density at radius 3 is 2.50 bits per heavy atom. The first-order chi connectivity index (χ1) is 18.5. The van der Waals surface area contributed by atoms with Crippen LogP contribution in [0.5, 0.6) is 5.75 Å². The third-order valence-electron chi connectivity index (χ3n) is 8.40. The molecule has 1 aliphatic carbocycles. The minimum absolute atomic E-state index is 0.236. The van der Waals surface area contributed by atoms with Crippen LogP contribution in [0.3, 0.4) is 0 Å². The molecule has 1 heterocycles. The molecule has 2 atom stereocenters. The average Bonchev–Trinajstić information content (AvgIpc) is 3.38. The zero-order chi connectivity index (χ0) is 26.7. The van der Waals surface area contributed by atoms with Gasteiger partial charge in [0, 0.05) is 37.4 Å². The lowest BCUT2D eigenvalue weighted by atomic mass is 9.84. The summed E-state index contributed by atoms with van der Waals surface area (Å²) in [4.78, 5) is 17.8. The molecule has 1 saturated carbocycles. The third kappa shape index (κ3) is 8.70. The Kier molecular flexibility index (Phi) is 10.8. The fourth-order valence-corrected chi connectivity index (χ4v) is 6.09. The number of nitrogens with one attached hydrogen (secondary N) is 2. The second kappa shape index (κ2) is 14.5. The van der Waals surface area contributed by atoms with Crippen molar-refractivity contribution in [1.82, 2.24) is 15.1 Å². The van der Waals surface area contributed by atoms with Crippen LogP contribution in [-0.2, 0) is 6.42 Å². The highest BCUT2D eigenvalue weighted by Gasteiger charge is 2.29. The fraction of sp³-hybridized carbons (Fsp3) is 0.581. The summed E-state index contributed by atoms with van der Waals surface area (Å²) in [6, 6.07) is 14.9. The van der Waals surface area contributed by atoms with Gasteiger partial charge < -0.3 is 20.3 Å². The predicted octanol–water partition coefficient (Wildman–Crippen LogP) is 5.93. The molecule has 2 aromatic rings. The Morgan fingerprint density at radius 2 is 1.79 bits per heavy atom. The van der Waals surface area contributed by atoms with E-state index in [1.54, 1.807) is 19.2 Å². The lowest BCUT2D eigenvalue weighted by molar-refractivity contribution is 0.136. The van der Waals surface area contributed by atoms with Crippen molar-refractivity contribution < 1.29 is 13.9 Å². The van der Waals surface area contributed by atoms with E-state index in [2.05, 4.69) is 39.6 Å². The van der Waals surface area contributed by atoms with E-state index in [1.165, 1.54) is 62.6 Å². The lowest BCUT2D eigenvalue weighted by Gasteiger charge is -2.36. The van der Waals surface area contributed by atoms with Gasteiger partial charge in [-0.1, -0.05) is 44.2 Å². The molecule has 2 aliphatic rings. The van der Waals surface area contributed by atoms with Gasteiger partial charge in [-0.2, -0.15) is 0 Å². The molecule has 0 bridgehead atoms. The molecule has 208 valence electrons. The van der Waals surface area contributed by atoms with Crippen LogP contribution >= 0.6 is 0 Å². The fourth-order valence-electron chi connectivity index (χ4n) is 6.09. The molecule has 1 aliphatic heterocycles. The molecular formula is C31H45FN4O2. The number of halogens is 1. The number of urea groups is 1. The normalized spacial score (nSPS) is 19.4. The molecule has 2 N–H and O–H groups in total. The van der Waals surface area contributed by atoms with Crippen LogP contribution in [0.15, 0.2) is 48.5 Å². The zero-order valence-electron chi connectivity index (χ0n) is 23.1. The Bertz CT molecular complexity index is 978.